The van der Waals surface area contributed by atoms with E-state index in [0.717, 1.165) is 0 Å². The molecule has 4 aliphatic carbocycles. The van der Waals surface area contributed by atoms with Gasteiger partial charge >= 0.3 is 17.9 Å². The van der Waals surface area contributed by atoms with Crippen LogP contribution in [0.1, 0.15) is 140 Å². The number of fused-ring (bicyclic) bond motifs is 5. The predicted octanol–water partition coefficient (Wildman–Crippen LogP) is 4.59. The van der Waals surface area contributed by atoms with Crippen LogP contribution in [0.4, 0.5) is 4.39 Å². The highest BCUT2D eigenvalue weighted by molar-refractivity contribution is 6.01. The van der Waals surface area contributed by atoms with E-state index >= 15 is 4.39 Å². The maximum Gasteiger partial charge on any atom is 0.338 e. The number of likely N-dealkylation sites (N-methyl/N-ethyl adjacent to an activating group) is 2. The first-order valence-electron chi connectivity index (χ1n) is 27.3. The summed E-state index contributed by atoms with van der Waals surface area (Å²) in [5, 5.41) is 71.6. The van der Waals surface area contributed by atoms with Crippen LogP contribution in [0.3, 0.4) is 0 Å². The molecule has 5 fully saturated rings. The Labute approximate surface area is 438 Å². The molecule has 0 bridgehead atoms. The summed E-state index contributed by atoms with van der Waals surface area (Å²) in [5.74, 6) is -6.55. The van der Waals surface area contributed by atoms with Crippen molar-refractivity contribution in [1.82, 2.24) is 9.80 Å². The summed E-state index contributed by atoms with van der Waals surface area (Å²) >= 11 is 0. The van der Waals surface area contributed by atoms with E-state index in [1.54, 1.807) is 61.6 Å². The quantitative estimate of drug-likeness (QED) is 0.0942. The minimum absolute atomic E-state index is 0.0850. The highest BCUT2D eigenvalue weighted by atomic mass is 19.1. The van der Waals surface area contributed by atoms with Crippen LogP contribution in [-0.2, 0) is 42.9 Å². The highest BCUT2D eigenvalue weighted by Gasteiger charge is 2.76. The van der Waals surface area contributed by atoms with Crippen molar-refractivity contribution in [2.75, 3.05) is 34.3 Å². The Morgan fingerprint density at radius 2 is 1.61 bits per heavy atom. The van der Waals surface area contributed by atoms with Gasteiger partial charge in [0, 0.05) is 41.7 Å². The number of rotatable bonds is 11. The molecule has 0 aromatic carbocycles. The summed E-state index contributed by atoms with van der Waals surface area (Å²) in [4.78, 5) is 57.7. The first kappa shape index (κ1) is 60.3. The molecule has 2 heterocycles. The van der Waals surface area contributed by atoms with E-state index in [0.29, 0.717) is 37.8 Å². The monoisotopic (exact) mass is 1050 g/mol. The largest absolute Gasteiger partial charge is 0.464 e. The zero-order valence-electron chi connectivity index (χ0n) is 46.6. The zero-order chi connectivity index (χ0) is 55.4. The molecule has 0 spiro atoms. The van der Waals surface area contributed by atoms with Gasteiger partial charge in [-0.25, -0.2) is 9.18 Å². The molecule has 17 nitrogen and oxygen atoms in total. The molecule has 6 rings (SSSR count). The lowest BCUT2D eigenvalue weighted by Crippen LogP contribution is -2.69. The van der Waals surface area contributed by atoms with E-state index in [1.807, 2.05) is 37.7 Å². The van der Waals surface area contributed by atoms with Gasteiger partial charge in [0.1, 0.15) is 17.8 Å². The normalized spacial score (nSPS) is 47.6. The molecule has 422 valence electrons. The number of allylic oxidation sites excluding steroid dienone is 4. The summed E-state index contributed by atoms with van der Waals surface area (Å²) in [7, 11) is 5.48. The maximum absolute atomic E-state index is 17.7. The van der Waals surface area contributed by atoms with Crippen molar-refractivity contribution in [2.24, 2.45) is 46.3 Å². The fourth-order valence-corrected chi connectivity index (χ4v) is 14.7. The molecular formula is C56H91FN2O15. The zero-order valence-corrected chi connectivity index (χ0v) is 46.6. The summed E-state index contributed by atoms with van der Waals surface area (Å²) < 4.78 is 48.7. The Bertz CT molecular complexity index is 2100. The third kappa shape index (κ3) is 10.8. The number of esters is 3. The molecular weight excluding hydrogens is 960 g/mol. The van der Waals surface area contributed by atoms with Crippen molar-refractivity contribution >= 4 is 23.7 Å². The second-order valence-electron chi connectivity index (χ2n) is 24.8. The molecule has 0 radical (unpaired) electrons. The third-order valence-electron chi connectivity index (χ3n) is 19.2. The number of aliphatic hydroxyl groups is 6. The lowest BCUT2D eigenvalue weighted by atomic mass is 9.45. The summed E-state index contributed by atoms with van der Waals surface area (Å²) in [6.07, 6.45) is -2.69. The average molecular weight is 1050 g/mol. The predicted molar refractivity (Wildman–Crippen MR) is 271 cm³/mol. The van der Waals surface area contributed by atoms with E-state index in [-0.39, 0.29) is 62.9 Å². The Morgan fingerprint density at radius 1 is 0.946 bits per heavy atom. The fraction of sp³-hybridized carbons (Fsp3) is 0.857. The van der Waals surface area contributed by atoms with Crippen molar-refractivity contribution < 1.29 is 77.9 Å². The Morgan fingerprint density at radius 3 is 2.24 bits per heavy atom. The Hall–Kier alpha value is -2.91. The van der Waals surface area contributed by atoms with Crippen molar-refractivity contribution in [3.05, 3.63) is 23.8 Å². The number of aliphatic hydroxyl groups excluding tert-OH is 3. The van der Waals surface area contributed by atoms with Crippen LogP contribution in [0.5, 0.6) is 0 Å². The van der Waals surface area contributed by atoms with E-state index in [1.165, 1.54) is 26.0 Å². The second-order valence-corrected chi connectivity index (χ2v) is 24.8. The smallest absolute Gasteiger partial charge is 0.338 e. The van der Waals surface area contributed by atoms with Gasteiger partial charge in [0.25, 0.3) is 0 Å². The molecule has 0 amide bonds. The van der Waals surface area contributed by atoms with Crippen molar-refractivity contribution in [3.63, 3.8) is 0 Å². The first-order chi connectivity index (χ1) is 34.2. The molecule has 22 atom stereocenters. The lowest BCUT2D eigenvalue weighted by molar-refractivity contribution is -0.301. The van der Waals surface area contributed by atoms with Crippen molar-refractivity contribution in [2.45, 2.75) is 224 Å². The second kappa shape index (κ2) is 22.4. The van der Waals surface area contributed by atoms with Gasteiger partial charge in [-0.15, -0.1) is 0 Å². The highest BCUT2D eigenvalue weighted by Crippen LogP contribution is 2.70. The van der Waals surface area contributed by atoms with Crippen LogP contribution in [0.25, 0.3) is 0 Å². The molecule has 6 N–H and O–H groups in total. The van der Waals surface area contributed by atoms with Crippen LogP contribution < -0.4 is 0 Å². The first-order valence-corrected chi connectivity index (χ1v) is 27.3. The molecule has 2 saturated heterocycles. The van der Waals surface area contributed by atoms with Crippen LogP contribution in [0, 0.1) is 46.3 Å². The Kier molecular flexibility index (Phi) is 18.3. The van der Waals surface area contributed by atoms with Gasteiger partial charge in [-0.05, 0) is 150 Å². The average Bonchev–Trinajstić information content (AvgIpc) is 3.52. The Balaban J connectivity index is 1.14. The number of ketones is 1. The van der Waals surface area contributed by atoms with E-state index < -0.39 is 136 Å². The molecule has 6 aliphatic rings. The number of unbranched alkanes of at least 4 members (excludes halogenated alkanes) is 1. The van der Waals surface area contributed by atoms with Gasteiger partial charge in [-0.3, -0.25) is 14.4 Å². The topological polar surface area (TPSA) is 242 Å². The van der Waals surface area contributed by atoms with Crippen LogP contribution in [-0.4, -0.2) is 182 Å². The summed E-state index contributed by atoms with van der Waals surface area (Å²) in [6.45, 7) is 18.9. The van der Waals surface area contributed by atoms with E-state index in [2.05, 4.69) is 0 Å². The number of nitrogens with zero attached hydrogens (tertiary/aromatic N) is 2. The fourth-order valence-electron chi connectivity index (χ4n) is 14.7. The van der Waals surface area contributed by atoms with Crippen molar-refractivity contribution in [1.29, 1.82) is 0 Å². The molecule has 2 aliphatic heterocycles. The standard InChI is InChI=1S/C56H91FN2O15/c1-15-42-54(11,68)46(64)35(7)59(14)29-30(2)27-53(10,67)47(33(5)44(63)34(6)48(65)72-42)74-49-45(40(58(12)13)25-32(4)71-49)73-43(62)18-16-17-23-70-50(66)56(69)31(3)24-39-38-20-19-36-26-37(60)21-22-51(36,8)55(38,57)41(61)28-52(39,56)9/h21-22,26,30-35,38-42,44-47,49,61,63-64,67-69H,15-20,23-25,27-29H2,1-14H3/t30-,31-,32?,33+,34-,35-,38?,39?,40-,41+,42-,44+,45?,46-,47-,49?,51+,52+,53-,54-,55+,56+/m1/s1. The lowest BCUT2D eigenvalue weighted by Gasteiger charge is -2.62. The van der Waals surface area contributed by atoms with Crippen LogP contribution in [0.15, 0.2) is 23.8 Å². The number of hydrogen-bond donors (Lipinski definition) is 6. The summed E-state index contributed by atoms with van der Waals surface area (Å²) in [6, 6.07) is -1.00. The SMILES string of the molecule is CC[C@H]1OC(=O)[C@H](C)[C@@H](O)[C@H](C)[C@@H](OC2OC(C)C[C@@H](N(C)C)C2OC(=O)CCCCOC(=O)[C@@]2(O)[C@H](C)CC3C4CCC5=CC(=O)C=C[C@]5(C)[C@@]4(F)[C@@H](O)C[C@@]32C)[C@](C)(O)C[C@@H](C)CN(C)[C@H](C)[C@@H](O)[C@]1(C)O. The molecule has 74 heavy (non-hydrogen) atoms. The van der Waals surface area contributed by atoms with Gasteiger partial charge in [0.2, 0.25) is 0 Å². The van der Waals surface area contributed by atoms with Gasteiger partial charge in [-0.1, -0.05) is 46.3 Å². The van der Waals surface area contributed by atoms with Crippen LogP contribution in [0.2, 0.25) is 0 Å². The molecule has 0 aromatic rings. The van der Waals surface area contributed by atoms with Gasteiger partial charge in [0.05, 0.1) is 48.6 Å². The van der Waals surface area contributed by atoms with Gasteiger partial charge in [-0.2, -0.15) is 0 Å². The molecule has 0 aromatic heterocycles. The maximum atomic E-state index is 17.7. The van der Waals surface area contributed by atoms with Crippen molar-refractivity contribution in [3.8, 4) is 0 Å². The number of halogens is 1. The third-order valence-corrected chi connectivity index (χ3v) is 19.2. The van der Waals surface area contributed by atoms with Gasteiger partial charge < -0.3 is 64.1 Å². The number of carbonyl (C=O) groups is 4. The van der Waals surface area contributed by atoms with Crippen LogP contribution >= 0.6 is 0 Å². The molecule has 5 unspecified atom stereocenters. The number of cyclic esters (lactones) is 1. The molecule has 3 saturated carbocycles. The number of ether oxygens (including phenoxy) is 5. The number of hydrogen-bond acceptors (Lipinski definition) is 17. The number of carbonyl (C=O) groups excluding carboxylic acids is 4. The van der Waals surface area contributed by atoms with Gasteiger partial charge in [0.15, 0.2) is 29.4 Å². The van der Waals surface area contributed by atoms with E-state index in [9.17, 15) is 49.8 Å². The van der Waals surface area contributed by atoms with E-state index in [4.69, 9.17) is 23.7 Å². The minimum atomic E-state index is -2.11. The minimum Gasteiger partial charge on any atom is -0.464 e. The molecule has 18 heteroatoms. The number of alkyl halides is 1. The summed E-state index contributed by atoms with van der Waals surface area (Å²) in [5.41, 5.74) is -9.42.